The first-order chi connectivity index (χ1) is 15.5. The highest BCUT2D eigenvalue weighted by molar-refractivity contribution is 8.30. The first kappa shape index (κ1) is 23.9. The minimum absolute atomic E-state index is 0.0347. The normalized spacial score (nSPS) is 16.9. The zero-order valence-corrected chi connectivity index (χ0v) is 21.5. The lowest BCUT2D eigenvalue weighted by atomic mass is 10.1. The van der Waals surface area contributed by atoms with Crippen molar-refractivity contribution >= 4 is 32.1 Å². The molecular weight excluding hydrogens is 436 g/mol. The number of likely N-dealkylation sites (N-methyl/N-ethyl adjacent to an activating group) is 1. The molecule has 1 aromatic heterocycles. The zero-order valence-electron chi connectivity index (χ0n) is 20.6. The molecule has 1 aliphatic rings. The van der Waals surface area contributed by atoms with Crippen LogP contribution < -0.4 is 14.5 Å². The van der Waals surface area contributed by atoms with Gasteiger partial charge in [-0.1, -0.05) is 10.3 Å². The van der Waals surface area contributed by atoms with Crippen molar-refractivity contribution in [2.45, 2.75) is 25.5 Å². The van der Waals surface area contributed by atoms with Gasteiger partial charge >= 0.3 is 5.63 Å². The second-order valence-electron chi connectivity index (χ2n) is 10.2. The van der Waals surface area contributed by atoms with Crippen molar-refractivity contribution < 1.29 is 13.3 Å². The molecule has 33 heavy (non-hydrogen) atoms. The van der Waals surface area contributed by atoms with Crippen molar-refractivity contribution in [2.75, 3.05) is 58.9 Å². The second-order valence-corrected chi connectivity index (χ2v) is 14.0. The Morgan fingerprint density at radius 2 is 1.61 bits per heavy atom. The lowest BCUT2D eigenvalue weighted by molar-refractivity contribution is 0.134. The zero-order chi connectivity index (χ0) is 23.8. The minimum Gasteiger partial charge on any atom is -0.492 e. The van der Waals surface area contributed by atoms with Crippen LogP contribution >= 0.6 is 10.3 Å². The smallest absolute Gasteiger partial charge is 0.344 e. The van der Waals surface area contributed by atoms with E-state index in [0.717, 1.165) is 49.2 Å². The average molecular weight is 473 g/mol. The number of piperazine rings is 1. The maximum Gasteiger partial charge on any atom is 0.344 e. The van der Waals surface area contributed by atoms with Gasteiger partial charge in [0.05, 0.1) is 5.39 Å². The van der Waals surface area contributed by atoms with E-state index in [1.165, 1.54) is 0 Å². The summed E-state index contributed by atoms with van der Waals surface area (Å²) >= 11 is 0. The average Bonchev–Trinajstić information content (AvgIpc) is 2.74. The highest BCUT2D eigenvalue weighted by atomic mass is 32.3. The van der Waals surface area contributed by atoms with Crippen LogP contribution in [0, 0.1) is 0 Å². The lowest BCUT2D eigenvalue weighted by Gasteiger charge is -2.43. The molecule has 1 aliphatic heterocycles. The Bertz CT molecular complexity index is 1190. The van der Waals surface area contributed by atoms with E-state index in [1.807, 2.05) is 30.3 Å². The number of fused-ring (bicyclic) bond motifs is 3. The third kappa shape index (κ3) is 5.31. The van der Waals surface area contributed by atoms with Crippen LogP contribution in [-0.4, -0.2) is 73.4 Å². The molecule has 0 amide bonds. The summed E-state index contributed by atoms with van der Waals surface area (Å²) in [5.41, 5.74) is 0.180. The van der Waals surface area contributed by atoms with Crippen LogP contribution in [0.5, 0.6) is 11.5 Å². The molecular formula is C26H36N2O4S. The highest BCUT2D eigenvalue weighted by Gasteiger charge is 2.30. The summed E-state index contributed by atoms with van der Waals surface area (Å²) in [6.07, 6.45) is 4.30. The van der Waals surface area contributed by atoms with Gasteiger partial charge in [-0.2, -0.15) is 0 Å². The summed E-state index contributed by atoms with van der Waals surface area (Å²) in [5, 5.41) is 2.29. The Balaban J connectivity index is 1.53. The molecule has 6 nitrogen and oxygen atoms in total. The molecule has 0 unspecified atom stereocenters. The molecule has 3 aromatic rings. The number of benzene rings is 2. The fourth-order valence-corrected chi connectivity index (χ4v) is 4.60. The number of hydrogen-bond acceptors (Lipinski definition) is 6. The molecule has 0 atom stereocenters. The van der Waals surface area contributed by atoms with E-state index in [0.29, 0.717) is 23.3 Å². The van der Waals surface area contributed by atoms with Crippen molar-refractivity contribution in [1.82, 2.24) is 9.80 Å². The molecule has 1 saturated heterocycles. The molecule has 2 aromatic carbocycles. The van der Waals surface area contributed by atoms with Crippen LogP contribution in [-0.2, 0) is 0 Å². The van der Waals surface area contributed by atoms with Gasteiger partial charge in [0.1, 0.15) is 23.7 Å². The van der Waals surface area contributed by atoms with Gasteiger partial charge in [0.25, 0.3) is 0 Å². The Labute approximate surface area is 198 Å². The molecule has 0 radical (unpaired) electrons. The molecule has 4 rings (SSSR count). The summed E-state index contributed by atoms with van der Waals surface area (Å²) in [4.78, 5) is 17.5. The highest BCUT2D eigenvalue weighted by Crippen LogP contribution is 2.53. The summed E-state index contributed by atoms with van der Waals surface area (Å²) in [7, 11) is 0.813. The van der Waals surface area contributed by atoms with Gasteiger partial charge in [-0.25, -0.2) is 4.79 Å². The molecule has 0 saturated carbocycles. The van der Waals surface area contributed by atoms with E-state index in [9.17, 15) is 4.79 Å². The Kier molecular flexibility index (Phi) is 6.67. The van der Waals surface area contributed by atoms with Gasteiger partial charge < -0.3 is 18.2 Å². The third-order valence-electron chi connectivity index (χ3n) is 6.71. The number of rotatable bonds is 6. The first-order valence-electron chi connectivity index (χ1n) is 11.5. The maximum absolute atomic E-state index is 12.8. The predicted octanol–water partition coefficient (Wildman–Crippen LogP) is 4.73. The number of nitrogens with zero attached hydrogens (tertiary/aromatic N) is 2. The van der Waals surface area contributed by atoms with Crippen LogP contribution in [0.2, 0.25) is 0 Å². The molecule has 0 aliphatic carbocycles. The molecule has 7 heteroatoms. The van der Waals surface area contributed by atoms with E-state index >= 15 is 0 Å². The van der Waals surface area contributed by atoms with Crippen molar-refractivity contribution in [1.29, 1.82) is 0 Å². The quantitative estimate of drug-likeness (QED) is 0.382. The van der Waals surface area contributed by atoms with Crippen LogP contribution in [0.3, 0.4) is 0 Å². The van der Waals surface area contributed by atoms with Gasteiger partial charge in [0, 0.05) is 54.3 Å². The largest absolute Gasteiger partial charge is 0.492 e. The van der Waals surface area contributed by atoms with Gasteiger partial charge in [-0.15, -0.1) is 0 Å². The molecule has 0 N–H and O–H groups in total. The minimum atomic E-state index is -1.34. The van der Waals surface area contributed by atoms with Gasteiger partial charge in [-0.3, -0.25) is 4.90 Å². The molecule has 1 fully saturated rings. The van der Waals surface area contributed by atoms with Gasteiger partial charge in [0.15, 0.2) is 0 Å². The van der Waals surface area contributed by atoms with E-state index in [1.54, 1.807) is 6.07 Å². The van der Waals surface area contributed by atoms with Crippen LogP contribution in [0.15, 0.2) is 45.6 Å². The number of ether oxygens (including phenoxy) is 1. The van der Waals surface area contributed by atoms with Crippen LogP contribution in [0.25, 0.3) is 21.7 Å². The Hall–Kier alpha value is -2.22. The molecule has 0 bridgehead atoms. The van der Waals surface area contributed by atoms with Crippen LogP contribution in [0.1, 0.15) is 20.8 Å². The van der Waals surface area contributed by atoms with Crippen molar-refractivity contribution in [2.24, 2.45) is 0 Å². The summed E-state index contributed by atoms with van der Waals surface area (Å²) in [5.74, 6) is 1.42. The van der Waals surface area contributed by atoms with E-state index in [2.05, 4.69) is 50.1 Å². The SMILES string of the molecule is CN1CCN(CCOc2ccc3c(c2)c(=O)oc2cc(OS(C)(C)C(C)(C)C)ccc23)CC1. The van der Waals surface area contributed by atoms with E-state index in [-0.39, 0.29) is 10.4 Å². The summed E-state index contributed by atoms with van der Waals surface area (Å²) in [6.45, 7) is 12.3. The molecule has 2 heterocycles. The van der Waals surface area contributed by atoms with Gasteiger partial charge in [0.2, 0.25) is 0 Å². The van der Waals surface area contributed by atoms with E-state index in [4.69, 9.17) is 13.3 Å². The Morgan fingerprint density at radius 3 is 2.30 bits per heavy atom. The molecule has 180 valence electrons. The van der Waals surface area contributed by atoms with E-state index < -0.39 is 10.3 Å². The second kappa shape index (κ2) is 9.20. The van der Waals surface area contributed by atoms with Crippen molar-refractivity contribution in [3.63, 3.8) is 0 Å². The molecule has 0 spiro atoms. The fourth-order valence-electron chi connectivity index (χ4n) is 3.76. The monoisotopic (exact) mass is 472 g/mol. The standard InChI is InChI=1S/C26H36N2O4S/c1-26(2,3)33(5,6)32-20-8-10-22-21-9-7-19(17-23(21)25(29)31-24(22)18-20)30-16-15-28-13-11-27(4)12-14-28/h7-10,17-18H,11-16H2,1-6H3. The predicted molar refractivity (Wildman–Crippen MR) is 139 cm³/mol. The van der Waals surface area contributed by atoms with Crippen molar-refractivity contribution in [3.05, 3.63) is 46.8 Å². The third-order valence-corrected chi connectivity index (χ3v) is 10.3. The Morgan fingerprint density at radius 1 is 0.939 bits per heavy atom. The summed E-state index contributed by atoms with van der Waals surface area (Å²) < 4.78 is 18.0. The topological polar surface area (TPSA) is 55.2 Å². The summed E-state index contributed by atoms with van der Waals surface area (Å²) in [6, 6.07) is 11.4. The number of hydrogen-bond donors (Lipinski definition) is 0. The maximum atomic E-state index is 12.8. The lowest BCUT2D eigenvalue weighted by Crippen LogP contribution is -2.45. The van der Waals surface area contributed by atoms with Crippen molar-refractivity contribution in [3.8, 4) is 11.5 Å². The van der Waals surface area contributed by atoms with Crippen LogP contribution in [0.4, 0.5) is 0 Å². The fraction of sp³-hybridized carbons (Fsp3) is 0.500. The first-order valence-corrected chi connectivity index (χ1v) is 13.9. The van der Waals surface area contributed by atoms with Gasteiger partial charge in [-0.05, 0) is 70.7 Å².